The number of carbonyl (C=O) groups excluding carboxylic acids is 2. The molecule has 1 fully saturated rings. The number of primary amides is 1. The lowest BCUT2D eigenvalue weighted by atomic mass is 10.0. The summed E-state index contributed by atoms with van der Waals surface area (Å²) in [4.78, 5) is 24.4. The van der Waals surface area contributed by atoms with Crippen LogP contribution >= 0.6 is 0 Å². The summed E-state index contributed by atoms with van der Waals surface area (Å²) in [5.41, 5.74) is 6.32. The standard InChI is InChI=1S/C25H27N3O5S/c1-17(19-9-8-18-6-2-3-7-20(18)14-19)27-24(29)16-33-23-11-10-21(15-22(23)25(26)30)34(31,32)28-12-4-5-13-28/h2-3,6-11,14-15,17H,4-5,12-13,16H2,1H3,(H2,26,30)(H,27,29). The largest absolute Gasteiger partial charge is 0.483 e. The quantitative estimate of drug-likeness (QED) is 0.513. The molecule has 4 rings (SSSR count). The van der Waals surface area contributed by atoms with Crippen LogP contribution in [0.15, 0.2) is 65.6 Å². The molecule has 0 spiro atoms. The van der Waals surface area contributed by atoms with Gasteiger partial charge in [0.2, 0.25) is 10.0 Å². The van der Waals surface area contributed by atoms with Crippen molar-refractivity contribution in [1.82, 2.24) is 9.62 Å². The Kier molecular flexibility index (Phi) is 6.85. The molecule has 1 aliphatic rings. The Labute approximate surface area is 198 Å². The maximum atomic E-state index is 12.8. The smallest absolute Gasteiger partial charge is 0.258 e. The molecule has 2 amide bonds. The molecule has 9 heteroatoms. The average molecular weight is 482 g/mol. The summed E-state index contributed by atoms with van der Waals surface area (Å²) in [6.07, 6.45) is 1.60. The van der Waals surface area contributed by atoms with E-state index < -0.39 is 15.9 Å². The van der Waals surface area contributed by atoms with Gasteiger partial charge in [-0.3, -0.25) is 9.59 Å². The van der Waals surface area contributed by atoms with Crippen LogP contribution in [0.25, 0.3) is 10.8 Å². The molecule has 1 heterocycles. The molecule has 3 N–H and O–H groups in total. The molecule has 8 nitrogen and oxygen atoms in total. The Bertz CT molecular complexity index is 1330. The first kappa shape index (κ1) is 23.7. The highest BCUT2D eigenvalue weighted by molar-refractivity contribution is 7.89. The number of benzene rings is 3. The summed E-state index contributed by atoms with van der Waals surface area (Å²) in [6.45, 7) is 2.41. The van der Waals surface area contributed by atoms with E-state index in [2.05, 4.69) is 5.32 Å². The number of ether oxygens (including phenoxy) is 1. The second kappa shape index (κ2) is 9.82. The first-order valence-corrected chi connectivity index (χ1v) is 12.5. The molecule has 3 aromatic carbocycles. The van der Waals surface area contributed by atoms with Crippen molar-refractivity contribution in [3.8, 4) is 5.75 Å². The average Bonchev–Trinajstić information content (AvgIpc) is 3.38. The van der Waals surface area contributed by atoms with Crippen molar-refractivity contribution in [2.45, 2.75) is 30.7 Å². The fourth-order valence-corrected chi connectivity index (χ4v) is 5.60. The highest BCUT2D eigenvalue weighted by atomic mass is 32.2. The predicted molar refractivity (Wildman–Crippen MR) is 129 cm³/mol. The fourth-order valence-electron chi connectivity index (χ4n) is 4.05. The third-order valence-corrected chi connectivity index (χ3v) is 7.82. The van der Waals surface area contributed by atoms with Gasteiger partial charge in [0.1, 0.15) is 5.75 Å². The van der Waals surface area contributed by atoms with E-state index in [4.69, 9.17) is 10.5 Å². The van der Waals surface area contributed by atoms with Crippen LogP contribution in [0.3, 0.4) is 0 Å². The molecule has 1 unspecified atom stereocenters. The number of nitrogens with zero attached hydrogens (tertiary/aromatic N) is 1. The topological polar surface area (TPSA) is 119 Å². The lowest BCUT2D eigenvalue weighted by molar-refractivity contribution is -0.123. The van der Waals surface area contributed by atoms with Crippen molar-refractivity contribution in [3.05, 3.63) is 71.8 Å². The minimum absolute atomic E-state index is 0.0232. The number of hydrogen-bond acceptors (Lipinski definition) is 5. The van der Waals surface area contributed by atoms with E-state index in [1.54, 1.807) is 0 Å². The van der Waals surface area contributed by atoms with Gasteiger partial charge >= 0.3 is 0 Å². The van der Waals surface area contributed by atoms with E-state index in [0.29, 0.717) is 13.1 Å². The summed E-state index contributed by atoms with van der Waals surface area (Å²) in [5.74, 6) is -1.16. The van der Waals surface area contributed by atoms with Gasteiger partial charge in [-0.25, -0.2) is 8.42 Å². The number of carbonyl (C=O) groups is 2. The molecule has 0 aliphatic carbocycles. The van der Waals surface area contributed by atoms with Gasteiger partial charge in [-0.1, -0.05) is 36.4 Å². The Morgan fingerprint density at radius 2 is 1.74 bits per heavy atom. The molecule has 34 heavy (non-hydrogen) atoms. The number of nitrogens with one attached hydrogen (secondary N) is 1. The van der Waals surface area contributed by atoms with Crippen molar-refractivity contribution >= 4 is 32.6 Å². The van der Waals surface area contributed by atoms with Gasteiger partial charge in [-0.2, -0.15) is 4.31 Å². The lowest BCUT2D eigenvalue weighted by Crippen LogP contribution is -2.31. The maximum absolute atomic E-state index is 12.8. The zero-order valence-electron chi connectivity index (χ0n) is 18.9. The third-order valence-electron chi connectivity index (χ3n) is 5.93. The van der Waals surface area contributed by atoms with Gasteiger partial charge < -0.3 is 15.8 Å². The zero-order valence-corrected chi connectivity index (χ0v) is 19.7. The van der Waals surface area contributed by atoms with Crippen molar-refractivity contribution in [2.24, 2.45) is 5.73 Å². The first-order valence-electron chi connectivity index (χ1n) is 11.1. The molecule has 1 aliphatic heterocycles. The van der Waals surface area contributed by atoms with Crippen LogP contribution in [-0.4, -0.2) is 44.2 Å². The predicted octanol–water partition coefficient (Wildman–Crippen LogP) is 2.98. The van der Waals surface area contributed by atoms with Gasteiger partial charge in [0, 0.05) is 13.1 Å². The number of sulfonamides is 1. The molecule has 1 saturated heterocycles. The molecular formula is C25H27N3O5S. The maximum Gasteiger partial charge on any atom is 0.258 e. The molecule has 0 aromatic heterocycles. The van der Waals surface area contributed by atoms with Crippen LogP contribution in [0.1, 0.15) is 41.7 Å². The summed E-state index contributed by atoms with van der Waals surface area (Å²) in [7, 11) is -3.71. The molecule has 0 saturated carbocycles. The molecule has 0 radical (unpaired) electrons. The van der Waals surface area contributed by atoms with Crippen molar-refractivity contribution in [1.29, 1.82) is 0 Å². The normalized spacial score (nSPS) is 15.2. The second-order valence-electron chi connectivity index (χ2n) is 8.32. The van der Waals surface area contributed by atoms with Gasteiger partial charge in [0.05, 0.1) is 16.5 Å². The van der Waals surface area contributed by atoms with E-state index in [-0.39, 0.29) is 34.8 Å². The highest BCUT2D eigenvalue weighted by Gasteiger charge is 2.28. The number of amides is 2. The third kappa shape index (κ3) is 5.05. The number of hydrogen-bond donors (Lipinski definition) is 2. The molecule has 3 aromatic rings. The summed E-state index contributed by atoms with van der Waals surface area (Å²) in [6, 6.07) is 17.6. The number of fused-ring (bicyclic) bond motifs is 1. The Hall–Kier alpha value is -3.43. The summed E-state index contributed by atoms with van der Waals surface area (Å²) < 4.78 is 32.5. The van der Waals surface area contributed by atoms with E-state index in [9.17, 15) is 18.0 Å². The van der Waals surface area contributed by atoms with Crippen LogP contribution in [-0.2, 0) is 14.8 Å². The van der Waals surface area contributed by atoms with Crippen LogP contribution in [0.2, 0.25) is 0 Å². The van der Waals surface area contributed by atoms with Gasteiger partial charge in [0.15, 0.2) is 6.61 Å². The fraction of sp³-hybridized carbons (Fsp3) is 0.280. The highest BCUT2D eigenvalue weighted by Crippen LogP contribution is 2.27. The van der Waals surface area contributed by atoms with Crippen molar-refractivity contribution in [3.63, 3.8) is 0 Å². The summed E-state index contributed by atoms with van der Waals surface area (Å²) >= 11 is 0. The van der Waals surface area contributed by atoms with E-state index in [0.717, 1.165) is 29.2 Å². The molecular weight excluding hydrogens is 454 g/mol. The van der Waals surface area contributed by atoms with Crippen molar-refractivity contribution < 1.29 is 22.7 Å². The minimum atomic E-state index is -3.71. The Morgan fingerprint density at radius 3 is 2.44 bits per heavy atom. The monoisotopic (exact) mass is 481 g/mol. The minimum Gasteiger partial charge on any atom is -0.483 e. The number of rotatable bonds is 8. The van der Waals surface area contributed by atoms with Crippen molar-refractivity contribution in [2.75, 3.05) is 19.7 Å². The molecule has 1 atom stereocenters. The van der Waals surface area contributed by atoms with E-state index >= 15 is 0 Å². The molecule has 0 bridgehead atoms. The van der Waals surface area contributed by atoms with Crippen LogP contribution in [0, 0.1) is 0 Å². The van der Waals surface area contributed by atoms with E-state index in [1.165, 1.54) is 22.5 Å². The van der Waals surface area contributed by atoms with E-state index in [1.807, 2.05) is 49.4 Å². The van der Waals surface area contributed by atoms with Crippen LogP contribution in [0.4, 0.5) is 0 Å². The van der Waals surface area contributed by atoms with Crippen LogP contribution in [0.5, 0.6) is 5.75 Å². The Balaban J connectivity index is 1.43. The SMILES string of the molecule is CC(NC(=O)COc1ccc(S(=O)(=O)N2CCCC2)cc1C(N)=O)c1ccc2ccccc2c1. The van der Waals surface area contributed by atoms with Gasteiger partial charge in [-0.15, -0.1) is 0 Å². The van der Waals surface area contributed by atoms with Gasteiger partial charge in [-0.05, 0) is 60.4 Å². The summed E-state index contributed by atoms with van der Waals surface area (Å²) in [5, 5.41) is 5.06. The Morgan fingerprint density at radius 1 is 1.03 bits per heavy atom. The van der Waals surface area contributed by atoms with Gasteiger partial charge in [0.25, 0.3) is 11.8 Å². The van der Waals surface area contributed by atoms with Crippen LogP contribution < -0.4 is 15.8 Å². The molecule has 178 valence electrons. The number of nitrogens with two attached hydrogens (primary N) is 1. The lowest BCUT2D eigenvalue weighted by Gasteiger charge is -2.18. The first-order chi connectivity index (χ1) is 16.3. The second-order valence-corrected chi connectivity index (χ2v) is 10.3. The zero-order chi connectivity index (χ0) is 24.3.